The van der Waals surface area contributed by atoms with Gasteiger partial charge in [-0.25, -0.2) is 4.52 Å². The summed E-state index contributed by atoms with van der Waals surface area (Å²) in [6, 6.07) is 6.75. The normalized spacial score (nSPS) is 18.2. The number of nitrogens with zero attached hydrogens (tertiary/aromatic N) is 2. The zero-order valence-corrected chi connectivity index (χ0v) is 10.3. The van der Waals surface area contributed by atoms with Gasteiger partial charge in [-0.2, -0.15) is 5.10 Å². The third-order valence-corrected chi connectivity index (χ3v) is 3.84. The largest absolute Gasteiger partial charge is 0.310 e. The first kappa shape index (κ1) is 10.8. The molecule has 2 aromatic heterocycles. The molecule has 0 aliphatic heterocycles. The second kappa shape index (κ2) is 4.49. The van der Waals surface area contributed by atoms with Crippen molar-refractivity contribution in [3.63, 3.8) is 0 Å². The van der Waals surface area contributed by atoms with Crippen LogP contribution in [-0.4, -0.2) is 16.2 Å². The van der Waals surface area contributed by atoms with Gasteiger partial charge in [-0.3, -0.25) is 0 Å². The van der Waals surface area contributed by atoms with Crippen LogP contribution in [0.2, 0.25) is 0 Å². The third kappa shape index (κ3) is 1.84. The molecule has 1 atom stereocenters. The highest BCUT2D eigenvalue weighted by atomic mass is 15.2. The average Bonchev–Trinajstić information content (AvgIpc) is 2.69. The summed E-state index contributed by atoms with van der Waals surface area (Å²) in [5.74, 6) is 0.795. The van der Waals surface area contributed by atoms with Crippen molar-refractivity contribution >= 4 is 5.52 Å². The van der Waals surface area contributed by atoms with Crippen LogP contribution in [0.15, 0.2) is 30.6 Å². The van der Waals surface area contributed by atoms with Gasteiger partial charge >= 0.3 is 0 Å². The molecule has 1 saturated carbocycles. The fourth-order valence-electron chi connectivity index (χ4n) is 2.72. The van der Waals surface area contributed by atoms with Crippen LogP contribution < -0.4 is 5.32 Å². The van der Waals surface area contributed by atoms with Gasteiger partial charge in [0.1, 0.15) is 0 Å². The van der Waals surface area contributed by atoms with Gasteiger partial charge in [0.25, 0.3) is 0 Å². The molecule has 1 fully saturated rings. The van der Waals surface area contributed by atoms with Gasteiger partial charge in [-0.15, -0.1) is 0 Å². The molecule has 3 rings (SSSR count). The molecule has 90 valence electrons. The predicted octanol–water partition coefficient (Wildman–Crippen LogP) is 2.79. The topological polar surface area (TPSA) is 29.3 Å². The second-order valence-corrected chi connectivity index (χ2v) is 4.86. The van der Waals surface area contributed by atoms with E-state index < -0.39 is 0 Å². The quantitative estimate of drug-likeness (QED) is 0.873. The van der Waals surface area contributed by atoms with E-state index in [9.17, 15) is 0 Å². The molecule has 0 spiro atoms. The molecular formula is C14H19N3. The molecule has 0 amide bonds. The molecule has 0 aromatic carbocycles. The summed E-state index contributed by atoms with van der Waals surface area (Å²) in [5.41, 5.74) is 2.60. The summed E-state index contributed by atoms with van der Waals surface area (Å²) in [6.45, 7) is 3.20. The minimum atomic E-state index is 0.480. The van der Waals surface area contributed by atoms with Crippen molar-refractivity contribution in [2.45, 2.75) is 32.2 Å². The molecule has 0 bridgehead atoms. The molecule has 17 heavy (non-hydrogen) atoms. The molecule has 3 heteroatoms. The van der Waals surface area contributed by atoms with Crippen LogP contribution in [0.3, 0.4) is 0 Å². The Morgan fingerprint density at radius 2 is 2.35 bits per heavy atom. The van der Waals surface area contributed by atoms with Crippen LogP contribution in [0.1, 0.15) is 37.8 Å². The highest BCUT2D eigenvalue weighted by molar-refractivity contribution is 5.55. The smallest absolute Gasteiger partial charge is 0.0709 e. The third-order valence-electron chi connectivity index (χ3n) is 3.84. The first-order valence-corrected chi connectivity index (χ1v) is 6.56. The Hall–Kier alpha value is -1.35. The van der Waals surface area contributed by atoms with Crippen LogP contribution in [-0.2, 0) is 0 Å². The Balaban J connectivity index is 1.99. The van der Waals surface area contributed by atoms with E-state index in [0.717, 1.165) is 12.5 Å². The van der Waals surface area contributed by atoms with E-state index in [1.807, 2.05) is 23.0 Å². The fourth-order valence-corrected chi connectivity index (χ4v) is 2.72. The maximum absolute atomic E-state index is 4.44. The van der Waals surface area contributed by atoms with Crippen molar-refractivity contribution in [1.82, 2.24) is 14.9 Å². The summed E-state index contributed by atoms with van der Waals surface area (Å²) >= 11 is 0. The van der Waals surface area contributed by atoms with E-state index in [-0.39, 0.29) is 0 Å². The number of aromatic nitrogens is 2. The standard InChI is InChI=1S/C14H19N3/c1-2-15-14(11-6-5-7-11)12-10-16-17-9-4-3-8-13(12)17/h3-4,8-11,14-15H,2,5-7H2,1H3. The van der Waals surface area contributed by atoms with E-state index in [0.29, 0.717) is 6.04 Å². The van der Waals surface area contributed by atoms with Gasteiger partial charge in [0.2, 0.25) is 0 Å². The minimum Gasteiger partial charge on any atom is -0.310 e. The number of rotatable bonds is 4. The van der Waals surface area contributed by atoms with E-state index in [4.69, 9.17) is 0 Å². The Labute approximate surface area is 102 Å². The van der Waals surface area contributed by atoms with Crippen molar-refractivity contribution in [2.24, 2.45) is 5.92 Å². The van der Waals surface area contributed by atoms with Gasteiger partial charge in [0, 0.05) is 17.8 Å². The Morgan fingerprint density at radius 3 is 3.06 bits per heavy atom. The molecule has 1 unspecified atom stereocenters. The lowest BCUT2D eigenvalue weighted by Crippen LogP contribution is -2.31. The maximum atomic E-state index is 4.44. The van der Waals surface area contributed by atoms with Crippen LogP contribution in [0.5, 0.6) is 0 Å². The number of pyridine rings is 1. The van der Waals surface area contributed by atoms with Gasteiger partial charge in [-0.05, 0) is 37.4 Å². The Morgan fingerprint density at radius 1 is 1.47 bits per heavy atom. The Bertz CT molecular complexity index is 499. The summed E-state index contributed by atoms with van der Waals surface area (Å²) in [4.78, 5) is 0. The average molecular weight is 229 g/mol. The van der Waals surface area contributed by atoms with Crippen molar-refractivity contribution in [2.75, 3.05) is 6.54 Å². The van der Waals surface area contributed by atoms with E-state index in [2.05, 4.69) is 29.5 Å². The molecule has 0 radical (unpaired) electrons. The van der Waals surface area contributed by atoms with E-state index >= 15 is 0 Å². The van der Waals surface area contributed by atoms with E-state index in [1.165, 1.54) is 30.3 Å². The van der Waals surface area contributed by atoms with Gasteiger partial charge in [0.15, 0.2) is 0 Å². The monoisotopic (exact) mass is 229 g/mol. The molecule has 3 nitrogen and oxygen atoms in total. The lowest BCUT2D eigenvalue weighted by atomic mass is 9.77. The van der Waals surface area contributed by atoms with Gasteiger partial charge in [-0.1, -0.05) is 19.4 Å². The van der Waals surface area contributed by atoms with Crippen LogP contribution >= 0.6 is 0 Å². The van der Waals surface area contributed by atoms with Gasteiger partial charge in [0.05, 0.1) is 11.7 Å². The van der Waals surface area contributed by atoms with Gasteiger partial charge < -0.3 is 5.32 Å². The second-order valence-electron chi connectivity index (χ2n) is 4.86. The van der Waals surface area contributed by atoms with Crippen molar-refractivity contribution in [3.05, 3.63) is 36.2 Å². The summed E-state index contributed by atoms with van der Waals surface area (Å²) in [6.07, 6.45) is 8.12. The first-order valence-electron chi connectivity index (χ1n) is 6.56. The summed E-state index contributed by atoms with van der Waals surface area (Å²) in [5, 5.41) is 8.07. The number of hydrogen-bond acceptors (Lipinski definition) is 2. The van der Waals surface area contributed by atoms with Crippen molar-refractivity contribution < 1.29 is 0 Å². The predicted molar refractivity (Wildman–Crippen MR) is 69.0 cm³/mol. The molecule has 1 aliphatic rings. The van der Waals surface area contributed by atoms with Crippen molar-refractivity contribution in [3.8, 4) is 0 Å². The molecule has 1 N–H and O–H groups in total. The molecule has 1 aliphatic carbocycles. The zero-order valence-electron chi connectivity index (χ0n) is 10.3. The first-order chi connectivity index (χ1) is 8.40. The van der Waals surface area contributed by atoms with Crippen molar-refractivity contribution in [1.29, 1.82) is 0 Å². The fraction of sp³-hybridized carbons (Fsp3) is 0.500. The Kier molecular flexibility index (Phi) is 2.85. The lowest BCUT2D eigenvalue weighted by Gasteiger charge is -2.34. The molecule has 2 aromatic rings. The van der Waals surface area contributed by atoms with E-state index in [1.54, 1.807) is 0 Å². The van der Waals surface area contributed by atoms with Crippen LogP contribution in [0.4, 0.5) is 0 Å². The number of fused-ring (bicyclic) bond motifs is 1. The zero-order chi connectivity index (χ0) is 11.7. The molecular weight excluding hydrogens is 210 g/mol. The number of hydrogen-bond donors (Lipinski definition) is 1. The summed E-state index contributed by atoms with van der Waals surface area (Å²) < 4.78 is 1.97. The SMILES string of the molecule is CCNC(c1cnn2ccccc12)C1CCC1. The molecule has 2 heterocycles. The highest BCUT2D eigenvalue weighted by Gasteiger charge is 2.29. The molecule has 0 saturated heterocycles. The lowest BCUT2D eigenvalue weighted by molar-refractivity contribution is 0.234. The minimum absolute atomic E-state index is 0.480. The summed E-state index contributed by atoms with van der Waals surface area (Å²) in [7, 11) is 0. The highest BCUT2D eigenvalue weighted by Crippen LogP contribution is 2.38. The van der Waals surface area contributed by atoms with Crippen LogP contribution in [0, 0.1) is 5.92 Å². The van der Waals surface area contributed by atoms with Crippen LogP contribution in [0.25, 0.3) is 5.52 Å². The number of nitrogens with one attached hydrogen (secondary N) is 1. The maximum Gasteiger partial charge on any atom is 0.0709 e.